The number of aromatic nitrogens is 10. The van der Waals surface area contributed by atoms with Gasteiger partial charge in [-0.25, -0.2) is 18.7 Å². The zero-order valence-electron chi connectivity index (χ0n) is 31.3. The van der Waals surface area contributed by atoms with Crippen molar-refractivity contribution in [1.82, 2.24) is 49.1 Å². The van der Waals surface area contributed by atoms with Crippen molar-refractivity contribution in [2.45, 2.75) is 130 Å². The smallest absolute Gasteiger partial charge is 0.228 e. The van der Waals surface area contributed by atoms with Gasteiger partial charge < -0.3 is 21.3 Å². The number of aliphatic hydroxyl groups is 2. The minimum Gasteiger partial charge on any atom is -0.393 e. The van der Waals surface area contributed by atoms with Gasteiger partial charge in [0.1, 0.15) is 11.6 Å². The summed E-state index contributed by atoms with van der Waals surface area (Å²) in [6, 6.07) is 3.26. The predicted octanol–water partition coefficient (Wildman–Crippen LogP) is 7.79. The molecule has 17 heteroatoms. The first-order chi connectivity index (χ1) is 26.4. The molecule has 6 aromatic rings. The summed E-state index contributed by atoms with van der Waals surface area (Å²) in [7, 11) is 0. The third-order valence-electron chi connectivity index (χ3n) is 9.69. The van der Waals surface area contributed by atoms with E-state index in [1.807, 2.05) is 13.8 Å². The van der Waals surface area contributed by atoms with Crippen LogP contribution in [0.1, 0.15) is 117 Å². The lowest BCUT2D eigenvalue weighted by Gasteiger charge is -2.26. The van der Waals surface area contributed by atoms with Gasteiger partial charge in [0.15, 0.2) is 22.9 Å². The highest BCUT2D eigenvalue weighted by atomic mass is 35.5. The van der Waals surface area contributed by atoms with Gasteiger partial charge in [-0.2, -0.15) is 29.2 Å². The summed E-state index contributed by atoms with van der Waals surface area (Å²) < 4.78 is 30.1. The normalized spacial score (nSPS) is 19.2. The Morgan fingerprint density at radius 2 is 1.12 bits per heavy atom. The Balaban J connectivity index is 0.000000211. The molecule has 8 rings (SSSR count). The van der Waals surface area contributed by atoms with Gasteiger partial charge in [0.2, 0.25) is 11.2 Å². The summed E-state index contributed by atoms with van der Waals surface area (Å²) >= 11 is 6.11. The molecule has 2 aliphatic carbocycles. The molecule has 0 atom stereocenters. The van der Waals surface area contributed by atoms with E-state index in [-0.39, 0.29) is 50.2 Å². The van der Waals surface area contributed by atoms with Gasteiger partial charge in [0.25, 0.3) is 0 Å². The topological polar surface area (TPSA) is 190 Å². The molecular weight excluding hydrogens is 754 g/mol. The highest BCUT2D eigenvalue weighted by Crippen LogP contribution is 2.28. The maximum atomic E-state index is 13.6. The fourth-order valence-electron chi connectivity index (χ4n) is 6.49. The Hall–Kier alpha value is -4.77. The van der Waals surface area contributed by atoms with E-state index in [9.17, 15) is 13.9 Å². The van der Waals surface area contributed by atoms with Crippen LogP contribution >= 0.6 is 11.6 Å². The van der Waals surface area contributed by atoms with Crippen LogP contribution in [0.25, 0.3) is 34.1 Å². The molecule has 0 spiro atoms. The second kappa shape index (κ2) is 20.1. The standard InChI is InChI=1S/C19H23FN6O.C13H11ClFN5.C6H13NO.2CH4/c1-11(2)16-10-22-26-18(16)24-17(12-7-13(20)9-21-8-12)25-19(26)23-14-3-5-15(27)6-4-14;1-7(2)10-6-17-20-12(10)18-11(19-13(20)14)8-3-9(15)5-16-4-8;7-5-1-3-6(8)4-2-5;;/h7-11,14-15,27H,3-6H2,1-2H3,(H,23,24,25);3-7H,1-2H3;5-6,8H,1-4,7H2;2*1H4. The largest absolute Gasteiger partial charge is 0.393 e. The van der Waals surface area contributed by atoms with Crippen LogP contribution in [0.2, 0.25) is 5.28 Å². The predicted molar refractivity (Wildman–Crippen MR) is 219 cm³/mol. The van der Waals surface area contributed by atoms with Crippen LogP contribution in [-0.4, -0.2) is 83.6 Å². The second-order valence-corrected chi connectivity index (χ2v) is 15.0. The van der Waals surface area contributed by atoms with Crippen molar-refractivity contribution in [1.29, 1.82) is 0 Å². The van der Waals surface area contributed by atoms with Crippen molar-refractivity contribution >= 4 is 28.8 Å². The number of pyridine rings is 2. The molecule has 14 nitrogen and oxygen atoms in total. The molecule has 6 aromatic heterocycles. The van der Waals surface area contributed by atoms with E-state index in [1.54, 1.807) is 23.1 Å². The minimum absolute atomic E-state index is 0. The molecule has 6 heterocycles. The summed E-state index contributed by atoms with van der Waals surface area (Å²) in [6.07, 6.45) is 15.6. The van der Waals surface area contributed by atoms with Gasteiger partial charge in [0, 0.05) is 46.7 Å². The van der Waals surface area contributed by atoms with Crippen molar-refractivity contribution in [2.75, 3.05) is 5.32 Å². The van der Waals surface area contributed by atoms with Gasteiger partial charge in [-0.05, 0) is 86.9 Å². The molecule has 308 valence electrons. The molecule has 2 aliphatic rings. The highest BCUT2D eigenvalue weighted by Gasteiger charge is 2.23. The Morgan fingerprint density at radius 3 is 1.60 bits per heavy atom. The molecule has 0 saturated heterocycles. The Bertz CT molecular complexity index is 2190. The van der Waals surface area contributed by atoms with E-state index in [0.29, 0.717) is 46.1 Å². The van der Waals surface area contributed by atoms with E-state index in [4.69, 9.17) is 22.4 Å². The number of fused-ring (bicyclic) bond motifs is 2. The Labute approximate surface area is 337 Å². The lowest BCUT2D eigenvalue weighted by Crippen LogP contribution is -2.29. The van der Waals surface area contributed by atoms with Crippen molar-refractivity contribution in [3.8, 4) is 22.8 Å². The molecule has 2 fully saturated rings. The molecular formula is C40H55ClF2N12O2. The van der Waals surface area contributed by atoms with Crippen molar-refractivity contribution in [3.63, 3.8) is 0 Å². The first-order valence-electron chi connectivity index (χ1n) is 18.6. The second-order valence-electron chi connectivity index (χ2n) is 14.7. The van der Waals surface area contributed by atoms with E-state index in [1.165, 1.54) is 22.8 Å². The number of hydrogen-bond donors (Lipinski definition) is 4. The quantitative estimate of drug-likeness (QED) is 0.128. The van der Waals surface area contributed by atoms with Gasteiger partial charge in [0.05, 0.1) is 37.0 Å². The van der Waals surface area contributed by atoms with Crippen LogP contribution in [0.4, 0.5) is 14.7 Å². The van der Waals surface area contributed by atoms with Gasteiger partial charge in [-0.15, -0.1) is 0 Å². The zero-order chi connectivity index (χ0) is 39.2. The van der Waals surface area contributed by atoms with E-state index >= 15 is 0 Å². The number of anilines is 1. The number of nitrogens with zero attached hydrogens (tertiary/aromatic N) is 10. The molecule has 0 radical (unpaired) electrons. The third kappa shape index (κ3) is 11.2. The SMILES string of the molecule is C.C.CC(C)c1cnn2c(Cl)nc(-c3cncc(F)c3)nc12.CC(C)c1cnn2c(NC3CCC(O)CC3)nc(-c3cncc(F)c3)nc12.NC1CCC(O)CC1. The maximum Gasteiger partial charge on any atom is 0.228 e. The molecule has 2 saturated carbocycles. The summed E-state index contributed by atoms with van der Waals surface area (Å²) in [5, 5.41) is 31.0. The van der Waals surface area contributed by atoms with E-state index < -0.39 is 11.6 Å². The van der Waals surface area contributed by atoms with Crippen LogP contribution in [-0.2, 0) is 0 Å². The third-order valence-corrected chi connectivity index (χ3v) is 9.94. The molecule has 0 amide bonds. The van der Waals surface area contributed by atoms with Crippen LogP contribution in [0, 0.1) is 11.6 Å². The monoisotopic (exact) mass is 808 g/mol. The molecule has 0 bridgehead atoms. The zero-order valence-corrected chi connectivity index (χ0v) is 32.1. The van der Waals surface area contributed by atoms with Gasteiger partial charge >= 0.3 is 0 Å². The van der Waals surface area contributed by atoms with Crippen LogP contribution < -0.4 is 11.1 Å². The average Bonchev–Trinajstić information content (AvgIpc) is 3.80. The number of nitrogens with two attached hydrogens (primary N) is 1. The Morgan fingerprint density at radius 1 is 0.667 bits per heavy atom. The number of aliphatic hydroxyl groups excluding tert-OH is 2. The number of rotatable bonds is 6. The molecule has 0 unspecified atom stereocenters. The lowest BCUT2D eigenvalue weighted by atomic mass is 9.93. The molecule has 0 aliphatic heterocycles. The fourth-order valence-corrected chi connectivity index (χ4v) is 6.70. The summed E-state index contributed by atoms with van der Waals surface area (Å²) in [4.78, 5) is 25.5. The maximum absolute atomic E-state index is 13.6. The molecule has 0 aromatic carbocycles. The van der Waals surface area contributed by atoms with Crippen molar-refractivity contribution in [2.24, 2.45) is 5.73 Å². The first kappa shape index (κ1) is 44.9. The van der Waals surface area contributed by atoms with Crippen LogP contribution in [0.5, 0.6) is 0 Å². The van der Waals surface area contributed by atoms with E-state index in [0.717, 1.165) is 74.9 Å². The minimum atomic E-state index is -0.445. The number of hydrogen-bond acceptors (Lipinski definition) is 12. The average molecular weight is 809 g/mol. The summed E-state index contributed by atoms with van der Waals surface area (Å²) in [5.74, 6) is 0.939. The van der Waals surface area contributed by atoms with Crippen LogP contribution in [0.15, 0.2) is 49.3 Å². The summed E-state index contributed by atoms with van der Waals surface area (Å²) in [6.45, 7) is 8.24. The Kier molecular flexibility index (Phi) is 15.8. The van der Waals surface area contributed by atoms with E-state index in [2.05, 4.69) is 59.3 Å². The lowest BCUT2D eigenvalue weighted by molar-refractivity contribution is 0.123. The van der Waals surface area contributed by atoms with Crippen molar-refractivity contribution < 1.29 is 19.0 Å². The fraction of sp³-hybridized carbons (Fsp3) is 0.500. The van der Waals surface area contributed by atoms with Crippen LogP contribution in [0.3, 0.4) is 0 Å². The van der Waals surface area contributed by atoms with Gasteiger partial charge in [-0.3, -0.25) is 9.97 Å². The molecule has 5 N–H and O–H groups in total. The summed E-state index contributed by atoms with van der Waals surface area (Å²) in [5.41, 5.74) is 9.88. The van der Waals surface area contributed by atoms with Gasteiger partial charge in [-0.1, -0.05) is 42.5 Å². The molecule has 57 heavy (non-hydrogen) atoms. The number of nitrogens with one attached hydrogen (secondary N) is 1. The first-order valence-corrected chi connectivity index (χ1v) is 19.0. The van der Waals surface area contributed by atoms with Crippen molar-refractivity contribution in [3.05, 3.63) is 77.4 Å². The number of halogens is 3. The highest BCUT2D eigenvalue weighted by molar-refractivity contribution is 6.28.